The topological polar surface area (TPSA) is 32.5 Å². The van der Waals surface area contributed by atoms with E-state index >= 15 is 0 Å². The molecule has 5 heterocycles. The number of hydrogen-bond acceptors (Lipinski definition) is 5. The number of para-hydroxylation sites is 3. The lowest BCUT2D eigenvalue weighted by atomic mass is 9.61. The molecule has 0 spiro atoms. The van der Waals surface area contributed by atoms with Crippen molar-refractivity contribution in [3.63, 3.8) is 0 Å². The Morgan fingerprint density at radius 2 is 1.58 bits per heavy atom. The van der Waals surface area contributed by atoms with Crippen molar-refractivity contribution in [2.24, 2.45) is 0 Å². The lowest BCUT2D eigenvalue weighted by molar-refractivity contribution is 0.669. The van der Waals surface area contributed by atoms with Gasteiger partial charge in [-0.05, 0) is 59.4 Å². The largest absolute Gasteiger partial charge is 0.456 e. The Labute approximate surface area is 194 Å². The molecule has 6 aromatic rings. The van der Waals surface area contributed by atoms with Crippen LogP contribution in [0.3, 0.4) is 0 Å². The molecule has 2 aliphatic rings. The molecule has 0 aliphatic carbocycles. The monoisotopic (exact) mass is 441 g/mol. The Morgan fingerprint density at radius 1 is 0.758 bits per heavy atom. The van der Waals surface area contributed by atoms with Crippen LogP contribution in [-0.4, -0.2) is 12.0 Å². The molecule has 0 bridgehead atoms. The minimum Gasteiger partial charge on any atom is -0.456 e. The molecule has 0 N–H and O–H groups in total. The van der Waals surface area contributed by atoms with Gasteiger partial charge in [-0.15, -0.1) is 11.3 Å². The van der Waals surface area contributed by atoms with Gasteiger partial charge in [0.2, 0.25) is 0 Å². The number of thiophene rings is 1. The van der Waals surface area contributed by atoms with Gasteiger partial charge in [-0.3, -0.25) is 4.98 Å². The molecular formula is C27H16BN3OS. The third kappa shape index (κ3) is 2.23. The van der Waals surface area contributed by atoms with Crippen LogP contribution in [0.1, 0.15) is 0 Å². The van der Waals surface area contributed by atoms with Gasteiger partial charge in [0.1, 0.15) is 11.2 Å². The van der Waals surface area contributed by atoms with E-state index in [1.807, 2.05) is 24.4 Å². The first-order chi connectivity index (χ1) is 16.4. The third-order valence-electron chi connectivity index (χ3n) is 6.76. The van der Waals surface area contributed by atoms with Gasteiger partial charge in [0.15, 0.2) is 0 Å². The molecule has 8 rings (SSSR count). The Bertz CT molecular complexity index is 1720. The number of aromatic nitrogens is 1. The molecule has 33 heavy (non-hydrogen) atoms. The standard InChI is InChI=1S/C27H16BN3OS/c1-4-10-24-18(6-1)20-16-17(11-12-25(20)32-24)30-22-8-2-3-9-23(22)31-27-19(13-15-33-27)26-21(28(30)31)7-5-14-29-26/h1-16H. The SMILES string of the molecule is c1cnc2c(c1)B1N(c3ccc4oc5ccccc5c4c3)c3ccccc3N1c1sccc1-2. The number of anilines is 4. The predicted molar refractivity (Wildman–Crippen MR) is 137 cm³/mol. The maximum absolute atomic E-state index is 6.10. The minimum absolute atomic E-state index is 0.00728. The van der Waals surface area contributed by atoms with E-state index in [4.69, 9.17) is 9.40 Å². The number of furan rings is 1. The van der Waals surface area contributed by atoms with E-state index in [0.717, 1.165) is 33.3 Å². The van der Waals surface area contributed by atoms with Gasteiger partial charge in [0.25, 0.3) is 0 Å². The lowest BCUT2D eigenvalue weighted by Crippen LogP contribution is -2.55. The van der Waals surface area contributed by atoms with E-state index in [1.54, 1.807) is 11.3 Å². The maximum atomic E-state index is 6.10. The highest BCUT2D eigenvalue weighted by molar-refractivity contribution is 7.16. The molecule has 0 saturated carbocycles. The van der Waals surface area contributed by atoms with Crippen LogP contribution in [0.25, 0.3) is 33.2 Å². The molecule has 0 atom stereocenters. The number of nitrogens with zero attached hydrogens (tertiary/aromatic N) is 3. The third-order valence-corrected chi connectivity index (χ3v) is 7.68. The van der Waals surface area contributed by atoms with Crippen molar-refractivity contribution in [2.45, 2.75) is 0 Å². The van der Waals surface area contributed by atoms with Gasteiger partial charge >= 0.3 is 6.98 Å². The highest BCUT2D eigenvalue weighted by Crippen LogP contribution is 2.52. The van der Waals surface area contributed by atoms with Crippen molar-refractivity contribution < 1.29 is 4.42 Å². The smallest absolute Gasteiger partial charge is 0.423 e. The van der Waals surface area contributed by atoms with Gasteiger partial charge in [0.05, 0.1) is 22.1 Å². The summed E-state index contributed by atoms with van der Waals surface area (Å²) in [5.41, 5.74) is 8.89. The number of hydrogen-bond donors (Lipinski definition) is 0. The molecule has 154 valence electrons. The van der Waals surface area contributed by atoms with Gasteiger partial charge in [-0.2, -0.15) is 0 Å². The lowest BCUT2D eigenvalue weighted by Gasteiger charge is -2.34. The highest BCUT2D eigenvalue weighted by atomic mass is 32.1. The normalized spacial score (nSPS) is 13.9. The molecule has 6 heteroatoms. The molecule has 0 amide bonds. The van der Waals surface area contributed by atoms with Crippen LogP contribution < -0.4 is 15.1 Å². The zero-order chi connectivity index (χ0) is 21.5. The second kappa shape index (κ2) is 6.27. The highest BCUT2D eigenvalue weighted by Gasteiger charge is 2.48. The summed E-state index contributed by atoms with van der Waals surface area (Å²) in [7, 11) is 0. The average Bonchev–Trinajstić information content (AvgIpc) is 3.57. The van der Waals surface area contributed by atoms with Gasteiger partial charge in [-0.25, -0.2) is 0 Å². The minimum atomic E-state index is 0.00728. The summed E-state index contributed by atoms with van der Waals surface area (Å²) in [5, 5.41) is 5.69. The average molecular weight is 441 g/mol. The summed E-state index contributed by atoms with van der Waals surface area (Å²) < 4.78 is 6.10. The predicted octanol–water partition coefficient (Wildman–Crippen LogP) is 6.71. The Hall–Kier alpha value is -4.03. The fourth-order valence-corrected chi connectivity index (χ4v) is 6.35. The summed E-state index contributed by atoms with van der Waals surface area (Å²) in [4.78, 5) is 9.72. The van der Waals surface area contributed by atoms with E-state index < -0.39 is 0 Å². The van der Waals surface area contributed by atoms with Crippen LogP contribution in [0, 0.1) is 0 Å². The van der Waals surface area contributed by atoms with Crippen LogP contribution in [-0.2, 0) is 0 Å². The number of rotatable bonds is 1. The molecule has 2 aliphatic heterocycles. The Morgan fingerprint density at radius 3 is 2.52 bits per heavy atom. The molecule has 0 radical (unpaired) electrons. The van der Waals surface area contributed by atoms with Gasteiger partial charge in [-0.1, -0.05) is 36.4 Å². The van der Waals surface area contributed by atoms with Crippen molar-refractivity contribution in [1.29, 1.82) is 0 Å². The van der Waals surface area contributed by atoms with Crippen molar-refractivity contribution in [3.8, 4) is 11.3 Å². The van der Waals surface area contributed by atoms with Gasteiger partial charge in [0, 0.05) is 28.2 Å². The van der Waals surface area contributed by atoms with Crippen molar-refractivity contribution >= 4 is 67.8 Å². The van der Waals surface area contributed by atoms with Crippen LogP contribution in [0.15, 0.2) is 101 Å². The molecular weight excluding hydrogens is 425 g/mol. The Kier molecular flexibility index (Phi) is 3.33. The van der Waals surface area contributed by atoms with E-state index in [-0.39, 0.29) is 6.98 Å². The molecule has 0 fully saturated rings. The number of pyridine rings is 1. The fraction of sp³-hybridized carbons (Fsp3) is 0. The first-order valence-electron chi connectivity index (χ1n) is 11.0. The Balaban J connectivity index is 1.42. The van der Waals surface area contributed by atoms with E-state index in [2.05, 4.69) is 81.7 Å². The molecule has 4 nitrogen and oxygen atoms in total. The summed E-state index contributed by atoms with van der Waals surface area (Å²) in [6, 6.07) is 29.9. The molecule has 3 aromatic carbocycles. The summed E-state index contributed by atoms with van der Waals surface area (Å²) in [6.45, 7) is 0.00728. The van der Waals surface area contributed by atoms with Crippen molar-refractivity contribution in [3.05, 3.63) is 96.5 Å². The first kappa shape index (κ1) is 17.5. The number of fused-ring (bicyclic) bond motifs is 11. The summed E-state index contributed by atoms with van der Waals surface area (Å²) >= 11 is 1.78. The fourth-order valence-electron chi connectivity index (χ4n) is 5.41. The number of benzene rings is 3. The van der Waals surface area contributed by atoms with Crippen molar-refractivity contribution in [2.75, 3.05) is 9.62 Å². The zero-order valence-corrected chi connectivity index (χ0v) is 18.3. The quantitative estimate of drug-likeness (QED) is 0.266. The molecule has 3 aromatic heterocycles. The summed E-state index contributed by atoms with van der Waals surface area (Å²) in [6.07, 6.45) is 1.89. The van der Waals surface area contributed by atoms with Gasteiger partial charge < -0.3 is 14.0 Å². The van der Waals surface area contributed by atoms with Crippen molar-refractivity contribution in [1.82, 2.24) is 4.98 Å². The van der Waals surface area contributed by atoms with Crippen LogP contribution in [0.2, 0.25) is 0 Å². The zero-order valence-electron chi connectivity index (χ0n) is 17.5. The van der Waals surface area contributed by atoms with E-state index in [1.165, 1.54) is 27.4 Å². The molecule has 0 unspecified atom stereocenters. The molecule has 0 saturated heterocycles. The van der Waals surface area contributed by atoms with Crippen LogP contribution >= 0.6 is 11.3 Å². The second-order valence-electron chi connectivity index (χ2n) is 8.46. The summed E-state index contributed by atoms with van der Waals surface area (Å²) in [5.74, 6) is 0. The van der Waals surface area contributed by atoms with E-state index in [0.29, 0.717) is 0 Å². The first-order valence-corrected chi connectivity index (χ1v) is 11.9. The van der Waals surface area contributed by atoms with E-state index in [9.17, 15) is 0 Å². The maximum Gasteiger partial charge on any atom is 0.423 e. The van der Waals surface area contributed by atoms with Crippen LogP contribution in [0.4, 0.5) is 22.1 Å². The van der Waals surface area contributed by atoms with Crippen LogP contribution in [0.5, 0.6) is 0 Å². The second-order valence-corrected chi connectivity index (χ2v) is 9.36.